The zero-order valence-electron chi connectivity index (χ0n) is 12.1. The Morgan fingerprint density at radius 3 is 2.09 bits per heavy atom. The Bertz CT molecular complexity index is 722. The smallest absolute Gasteiger partial charge is 0.126 e. The van der Waals surface area contributed by atoms with Crippen LogP contribution in [0.2, 0.25) is 0 Å². The summed E-state index contributed by atoms with van der Waals surface area (Å²) in [6.45, 7) is 0.749. The molecule has 3 rings (SSSR count). The number of benzene rings is 2. The predicted molar refractivity (Wildman–Crippen MR) is 88.6 cm³/mol. The van der Waals surface area contributed by atoms with Crippen molar-refractivity contribution >= 4 is 17.2 Å². The summed E-state index contributed by atoms with van der Waals surface area (Å²) < 4.78 is 0. The number of nitrogens with one attached hydrogen (secondary N) is 1. The van der Waals surface area contributed by atoms with Crippen LogP contribution in [0.5, 0.6) is 0 Å². The molecule has 0 aliphatic heterocycles. The van der Waals surface area contributed by atoms with Crippen molar-refractivity contribution in [3.63, 3.8) is 0 Å². The Hall–Kier alpha value is -3.01. The average molecular weight is 288 g/mol. The Morgan fingerprint density at radius 1 is 0.727 bits per heavy atom. The lowest BCUT2D eigenvalue weighted by Gasteiger charge is -2.05. The molecule has 22 heavy (non-hydrogen) atoms. The highest BCUT2D eigenvalue weighted by molar-refractivity contribution is 5.44. The third kappa shape index (κ3) is 3.99. The first kappa shape index (κ1) is 13.9. The topological polar surface area (TPSA) is 49.6 Å². The molecule has 4 nitrogen and oxygen atoms in total. The average Bonchev–Trinajstić information content (AvgIpc) is 2.61. The molecule has 0 bridgehead atoms. The molecule has 108 valence electrons. The highest BCUT2D eigenvalue weighted by atomic mass is 15.1. The van der Waals surface area contributed by atoms with Gasteiger partial charge >= 0.3 is 0 Å². The maximum absolute atomic E-state index is 4.34. The first-order valence-corrected chi connectivity index (χ1v) is 7.11. The molecule has 4 heteroatoms. The van der Waals surface area contributed by atoms with Gasteiger partial charge in [-0.25, -0.2) is 4.98 Å². The van der Waals surface area contributed by atoms with Crippen LogP contribution in [0.15, 0.2) is 89.2 Å². The maximum Gasteiger partial charge on any atom is 0.126 e. The van der Waals surface area contributed by atoms with E-state index in [9.17, 15) is 0 Å². The molecular weight excluding hydrogens is 272 g/mol. The minimum Gasteiger partial charge on any atom is -0.366 e. The molecule has 0 radical (unpaired) electrons. The van der Waals surface area contributed by atoms with Gasteiger partial charge in [0.2, 0.25) is 0 Å². The molecule has 0 atom stereocenters. The summed E-state index contributed by atoms with van der Waals surface area (Å²) >= 11 is 0. The van der Waals surface area contributed by atoms with E-state index < -0.39 is 0 Å². The van der Waals surface area contributed by atoms with Gasteiger partial charge in [0, 0.05) is 6.54 Å². The van der Waals surface area contributed by atoms with Crippen molar-refractivity contribution < 1.29 is 0 Å². The molecule has 0 fully saturated rings. The predicted octanol–water partition coefficient (Wildman–Crippen LogP) is 5.11. The molecule has 0 aliphatic rings. The van der Waals surface area contributed by atoms with Crippen molar-refractivity contribution in [2.75, 3.05) is 5.32 Å². The Kier molecular flexibility index (Phi) is 4.52. The number of anilines is 1. The van der Waals surface area contributed by atoms with E-state index in [4.69, 9.17) is 0 Å². The summed E-state index contributed by atoms with van der Waals surface area (Å²) in [5.41, 5.74) is 2.78. The summed E-state index contributed by atoms with van der Waals surface area (Å²) in [6, 6.07) is 23.7. The molecular formula is C18H16N4. The highest BCUT2D eigenvalue weighted by Gasteiger charge is 1.96. The molecule has 1 heterocycles. The minimum absolute atomic E-state index is 0.731. The van der Waals surface area contributed by atoms with Crippen LogP contribution in [-0.4, -0.2) is 4.98 Å². The summed E-state index contributed by atoms with van der Waals surface area (Å²) in [5, 5.41) is 11.6. The van der Waals surface area contributed by atoms with Gasteiger partial charge < -0.3 is 5.32 Å². The van der Waals surface area contributed by atoms with Crippen LogP contribution in [0.4, 0.5) is 17.2 Å². The van der Waals surface area contributed by atoms with Crippen molar-refractivity contribution in [3.8, 4) is 0 Å². The van der Waals surface area contributed by atoms with Gasteiger partial charge in [-0.2, -0.15) is 5.11 Å². The first-order valence-electron chi connectivity index (χ1n) is 7.11. The van der Waals surface area contributed by atoms with Gasteiger partial charge in [-0.1, -0.05) is 48.5 Å². The van der Waals surface area contributed by atoms with Crippen molar-refractivity contribution in [3.05, 3.63) is 84.6 Å². The molecule has 3 aromatic rings. The van der Waals surface area contributed by atoms with Gasteiger partial charge in [0.15, 0.2) is 0 Å². The van der Waals surface area contributed by atoms with E-state index in [1.807, 2.05) is 60.7 Å². The van der Waals surface area contributed by atoms with E-state index in [0.29, 0.717) is 0 Å². The van der Waals surface area contributed by atoms with Crippen LogP contribution in [0.3, 0.4) is 0 Å². The summed E-state index contributed by atoms with van der Waals surface area (Å²) in [4.78, 5) is 4.34. The van der Waals surface area contributed by atoms with Crippen LogP contribution in [0.1, 0.15) is 5.56 Å². The molecule has 2 aromatic carbocycles. The highest BCUT2D eigenvalue weighted by Crippen LogP contribution is 2.18. The monoisotopic (exact) mass is 288 g/mol. The van der Waals surface area contributed by atoms with Gasteiger partial charge in [0.25, 0.3) is 0 Å². The van der Waals surface area contributed by atoms with Crippen molar-refractivity contribution in [1.29, 1.82) is 0 Å². The Morgan fingerprint density at radius 2 is 1.41 bits per heavy atom. The van der Waals surface area contributed by atoms with Gasteiger partial charge in [0.05, 0.1) is 11.9 Å². The van der Waals surface area contributed by atoms with Gasteiger partial charge in [-0.3, -0.25) is 0 Å². The lowest BCUT2D eigenvalue weighted by atomic mass is 10.2. The Balaban J connectivity index is 1.59. The van der Waals surface area contributed by atoms with Crippen molar-refractivity contribution in [1.82, 2.24) is 4.98 Å². The van der Waals surface area contributed by atoms with E-state index in [2.05, 4.69) is 32.7 Å². The van der Waals surface area contributed by atoms with Gasteiger partial charge in [-0.15, -0.1) is 5.11 Å². The second-order valence-electron chi connectivity index (χ2n) is 4.78. The molecule has 0 saturated carbocycles. The van der Waals surface area contributed by atoms with Crippen molar-refractivity contribution in [2.45, 2.75) is 6.54 Å². The largest absolute Gasteiger partial charge is 0.366 e. The first-order chi connectivity index (χ1) is 10.9. The summed E-state index contributed by atoms with van der Waals surface area (Å²) in [6.07, 6.45) is 1.71. The van der Waals surface area contributed by atoms with E-state index in [-0.39, 0.29) is 0 Å². The number of aromatic nitrogens is 1. The molecule has 1 N–H and O–H groups in total. The third-order valence-electron chi connectivity index (χ3n) is 3.10. The van der Waals surface area contributed by atoms with E-state index in [1.165, 1.54) is 5.56 Å². The molecule has 0 saturated heterocycles. The number of azo groups is 1. The van der Waals surface area contributed by atoms with Crippen LogP contribution < -0.4 is 5.32 Å². The normalized spacial score (nSPS) is 10.7. The van der Waals surface area contributed by atoms with Gasteiger partial charge in [0.1, 0.15) is 11.5 Å². The number of hydrogen-bond donors (Lipinski definition) is 1. The lowest BCUT2D eigenvalue weighted by molar-refractivity contribution is 1.10. The van der Waals surface area contributed by atoms with Crippen LogP contribution in [-0.2, 0) is 6.54 Å². The standard InChI is InChI=1S/C18H16N4/c1-3-7-15(8-4-1)13-19-18-12-11-17(14-20-18)22-21-16-9-5-2-6-10-16/h1-12,14H,13H2,(H,19,20). The molecule has 0 amide bonds. The van der Waals surface area contributed by atoms with Crippen LogP contribution in [0.25, 0.3) is 0 Å². The van der Waals surface area contributed by atoms with Crippen molar-refractivity contribution in [2.24, 2.45) is 10.2 Å². The van der Waals surface area contributed by atoms with Gasteiger partial charge in [-0.05, 0) is 29.8 Å². The minimum atomic E-state index is 0.731. The van der Waals surface area contributed by atoms with E-state index >= 15 is 0 Å². The summed E-state index contributed by atoms with van der Waals surface area (Å²) in [7, 11) is 0. The summed E-state index contributed by atoms with van der Waals surface area (Å²) in [5.74, 6) is 0.822. The lowest BCUT2D eigenvalue weighted by Crippen LogP contribution is -2.00. The molecule has 0 unspecified atom stereocenters. The maximum atomic E-state index is 4.34. The number of hydrogen-bond acceptors (Lipinski definition) is 4. The van der Waals surface area contributed by atoms with E-state index in [0.717, 1.165) is 23.7 Å². The zero-order chi connectivity index (χ0) is 15.0. The fraction of sp³-hybridized carbons (Fsp3) is 0.0556. The van der Waals surface area contributed by atoms with Crippen LogP contribution >= 0.6 is 0 Å². The fourth-order valence-corrected chi connectivity index (χ4v) is 1.95. The zero-order valence-corrected chi connectivity index (χ0v) is 12.1. The molecule has 0 spiro atoms. The number of pyridine rings is 1. The molecule has 0 aliphatic carbocycles. The second-order valence-corrected chi connectivity index (χ2v) is 4.78. The SMILES string of the molecule is c1ccc(CNc2ccc(N=Nc3ccccc3)cn2)cc1. The fourth-order valence-electron chi connectivity index (χ4n) is 1.95. The number of nitrogens with zero attached hydrogens (tertiary/aromatic N) is 3. The van der Waals surface area contributed by atoms with Crippen LogP contribution in [0, 0.1) is 0 Å². The quantitative estimate of drug-likeness (QED) is 0.663. The molecule has 1 aromatic heterocycles. The Labute approximate surface area is 129 Å². The number of rotatable bonds is 5. The van der Waals surface area contributed by atoms with E-state index in [1.54, 1.807) is 6.20 Å². The second kappa shape index (κ2) is 7.13. The third-order valence-corrected chi connectivity index (χ3v) is 3.10.